The average molecular weight is 489 g/mol. The highest BCUT2D eigenvalue weighted by Gasteiger charge is 2.30. The van der Waals surface area contributed by atoms with Gasteiger partial charge in [-0.3, -0.25) is 9.36 Å². The smallest absolute Gasteiger partial charge is 0.230 e. The van der Waals surface area contributed by atoms with E-state index in [9.17, 15) is 9.18 Å². The number of aromatic nitrogens is 3. The molecule has 1 atom stereocenters. The van der Waals surface area contributed by atoms with E-state index < -0.39 is 0 Å². The highest BCUT2D eigenvalue weighted by atomic mass is 35.5. The lowest BCUT2D eigenvalue weighted by Crippen LogP contribution is -2.33. The summed E-state index contributed by atoms with van der Waals surface area (Å²) in [6.45, 7) is 4.30. The first-order chi connectivity index (χ1) is 15.9. The fraction of sp³-hybridized carbons (Fsp3) is 0.375. The highest BCUT2D eigenvalue weighted by molar-refractivity contribution is 7.99. The number of carbonyl (C=O) groups is 1. The van der Waals surface area contributed by atoms with Crippen LogP contribution in [0.25, 0.3) is 0 Å². The Balaban J connectivity index is 1.39. The molecule has 1 aromatic heterocycles. The molecular weight excluding hydrogens is 463 g/mol. The number of benzene rings is 2. The van der Waals surface area contributed by atoms with Gasteiger partial charge in [-0.05, 0) is 48.6 Å². The second-order valence-corrected chi connectivity index (χ2v) is 9.70. The summed E-state index contributed by atoms with van der Waals surface area (Å²) in [5, 5.41) is 12.9. The Bertz CT molecular complexity index is 1100. The van der Waals surface area contributed by atoms with Gasteiger partial charge in [0.05, 0.1) is 16.8 Å². The largest absolute Gasteiger partial charge is 0.484 e. The van der Waals surface area contributed by atoms with E-state index in [1.165, 1.54) is 23.9 Å². The van der Waals surface area contributed by atoms with Crippen LogP contribution in [0.4, 0.5) is 4.39 Å². The van der Waals surface area contributed by atoms with Crippen molar-refractivity contribution in [2.24, 2.45) is 5.92 Å². The summed E-state index contributed by atoms with van der Waals surface area (Å²) >= 11 is 7.53. The molecule has 1 fully saturated rings. The molecule has 2 aromatic carbocycles. The number of nitrogens with zero attached hydrogens (tertiary/aromatic N) is 3. The second kappa shape index (κ2) is 10.6. The summed E-state index contributed by atoms with van der Waals surface area (Å²) in [4.78, 5) is 12.7. The van der Waals surface area contributed by atoms with E-state index in [1.54, 1.807) is 18.2 Å². The predicted molar refractivity (Wildman–Crippen MR) is 127 cm³/mol. The van der Waals surface area contributed by atoms with Gasteiger partial charge in [0.2, 0.25) is 5.91 Å². The lowest BCUT2D eigenvalue weighted by Gasteiger charge is -2.23. The summed E-state index contributed by atoms with van der Waals surface area (Å²) < 4.78 is 21.2. The van der Waals surface area contributed by atoms with Gasteiger partial charge in [0.15, 0.2) is 11.0 Å². The summed E-state index contributed by atoms with van der Waals surface area (Å²) in [6.07, 6.45) is 2.10. The number of rotatable bonds is 10. The van der Waals surface area contributed by atoms with Crippen molar-refractivity contribution in [2.45, 2.75) is 50.5 Å². The molecule has 0 spiro atoms. The quantitative estimate of drug-likeness (QED) is 0.377. The lowest BCUT2D eigenvalue weighted by atomic mass is 9.96. The normalized spacial score (nSPS) is 14.3. The SMILES string of the molecule is CC(C)C(NC(=O)CSc1nnc(COc2ccccc2Cl)n1C1CC1)c1ccc(F)cc1. The molecule has 1 saturated carbocycles. The highest BCUT2D eigenvalue weighted by Crippen LogP contribution is 2.39. The Morgan fingerprint density at radius 1 is 1.21 bits per heavy atom. The summed E-state index contributed by atoms with van der Waals surface area (Å²) in [5.41, 5.74) is 0.880. The molecule has 33 heavy (non-hydrogen) atoms. The van der Waals surface area contributed by atoms with Crippen LogP contribution >= 0.6 is 23.4 Å². The zero-order valence-corrected chi connectivity index (χ0v) is 20.1. The maximum atomic E-state index is 13.3. The Kier molecular flexibility index (Phi) is 7.55. The van der Waals surface area contributed by atoms with Crippen molar-refractivity contribution < 1.29 is 13.9 Å². The van der Waals surface area contributed by atoms with Crippen LogP contribution in [0.15, 0.2) is 53.7 Å². The zero-order valence-electron chi connectivity index (χ0n) is 18.5. The minimum atomic E-state index is -0.295. The Morgan fingerprint density at radius 2 is 1.94 bits per heavy atom. The molecule has 1 amide bonds. The van der Waals surface area contributed by atoms with Gasteiger partial charge in [-0.1, -0.05) is 61.5 Å². The van der Waals surface area contributed by atoms with E-state index in [0.29, 0.717) is 27.8 Å². The Labute approximate surface area is 201 Å². The number of thioether (sulfide) groups is 1. The van der Waals surface area contributed by atoms with Gasteiger partial charge in [-0.2, -0.15) is 0 Å². The van der Waals surface area contributed by atoms with E-state index in [2.05, 4.69) is 20.1 Å². The van der Waals surface area contributed by atoms with Crippen molar-refractivity contribution in [3.63, 3.8) is 0 Å². The third-order valence-electron chi connectivity index (χ3n) is 5.39. The van der Waals surface area contributed by atoms with E-state index in [1.807, 2.05) is 32.0 Å². The molecule has 1 heterocycles. The molecule has 1 N–H and O–H groups in total. The first-order valence-electron chi connectivity index (χ1n) is 10.9. The van der Waals surface area contributed by atoms with Crippen molar-refractivity contribution in [2.75, 3.05) is 5.75 Å². The maximum absolute atomic E-state index is 13.3. The van der Waals surface area contributed by atoms with Crippen molar-refractivity contribution >= 4 is 29.3 Å². The van der Waals surface area contributed by atoms with Crippen LogP contribution in [0.5, 0.6) is 5.75 Å². The number of nitrogens with one attached hydrogen (secondary N) is 1. The molecule has 6 nitrogen and oxygen atoms in total. The van der Waals surface area contributed by atoms with Crippen molar-refractivity contribution in [1.29, 1.82) is 0 Å². The number of hydrogen-bond donors (Lipinski definition) is 1. The number of ether oxygens (including phenoxy) is 1. The number of amides is 1. The molecule has 4 rings (SSSR count). The number of halogens is 2. The zero-order chi connectivity index (χ0) is 23.4. The second-order valence-electron chi connectivity index (χ2n) is 8.35. The number of hydrogen-bond acceptors (Lipinski definition) is 5. The molecule has 1 unspecified atom stereocenters. The maximum Gasteiger partial charge on any atom is 0.230 e. The molecule has 0 radical (unpaired) electrons. The minimum absolute atomic E-state index is 0.109. The Hall–Kier alpha value is -2.58. The van der Waals surface area contributed by atoms with Crippen molar-refractivity contribution in [3.05, 3.63) is 70.8 Å². The van der Waals surface area contributed by atoms with E-state index >= 15 is 0 Å². The molecule has 0 saturated heterocycles. The third kappa shape index (κ3) is 6.06. The molecule has 3 aromatic rings. The van der Waals surface area contributed by atoms with Crippen LogP contribution in [0, 0.1) is 11.7 Å². The summed E-state index contributed by atoms with van der Waals surface area (Å²) in [5.74, 6) is 1.28. The van der Waals surface area contributed by atoms with Crippen LogP contribution in [-0.4, -0.2) is 26.4 Å². The van der Waals surface area contributed by atoms with E-state index in [-0.39, 0.29) is 36.0 Å². The van der Waals surface area contributed by atoms with E-state index in [0.717, 1.165) is 18.4 Å². The molecule has 9 heteroatoms. The van der Waals surface area contributed by atoms with Gasteiger partial charge in [0.25, 0.3) is 0 Å². The summed E-state index contributed by atoms with van der Waals surface area (Å²) in [6, 6.07) is 13.7. The topological polar surface area (TPSA) is 69.0 Å². The fourth-order valence-corrected chi connectivity index (χ4v) is 4.58. The first kappa shape index (κ1) is 23.6. The molecule has 1 aliphatic rings. The van der Waals surface area contributed by atoms with Gasteiger partial charge in [-0.15, -0.1) is 10.2 Å². The monoisotopic (exact) mass is 488 g/mol. The number of para-hydroxylation sites is 1. The van der Waals surface area contributed by atoms with Gasteiger partial charge in [0, 0.05) is 6.04 Å². The van der Waals surface area contributed by atoms with Crippen molar-refractivity contribution in [3.8, 4) is 5.75 Å². The third-order valence-corrected chi connectivity index (χ3v) is 6.64. The lowest BCUT2D eigenvalue weighted by molar-refractivity contribution is -0.119. The molecule has 174 valence electrons. The van der Waals surface area contributed by atoms with E-state index in [4.69, 9.17) is 16.3 Å². The minimum Gasteiger partial charge on any atom is -0.484 e. The standard InChI is InChI=1S/C24H26ClFN4O2S/c1-15(2)23(16-7-9-17(26)10-8-16)27-22(31)14-33-24-29-28-21(30(24)18-11-12-18)13-32-20-6-4-3-5-19(20)25/h3-10,15,18,23H,11-14H2,1-2H3,(H,27,31). The predicted octanol–water partition coefficient (Wildman–Crippen LogP) is 5.59. The summed E-state index contributed by atoms with van der Waals surface area (Å²) in [7, 11) is 0. The van der Waals surface area contributed by atoms with Crippen LogP contribution in [0.1, 0.15) is 50.2 Å². The molecule has 1 aliphatic carbocycles. The fourth-order valence-electron chi connectivity index (χ4n) is 3.56. The average Bonchev–Trinajstić information content (AvgIpc) is 3.56. The molecular formula is C24H26ClFN4O2S. The molecule has 0 aliphatic heterocycles. The van der Waals surface area contributed by atoms with Gasteiger partial charge in [0.1, 0.15) is 18.2 Å². The first-order valence-corrected chi connectivity index (χ1v) is 12.3. The van der Waals surface area contributed by atoms with Crippen LogP contribution in [-0.2, 0) is 11.4 Å². The number of carbonyl (C=O) groups excluding carboxylic acids is 1. The van der Waals surface area contributed by atoms with Crippen molar-refractivity contribution in [1.82, 2.24) is 20.1 Å². The van der Waals surface area contributed by atoms with Crippen LogP contribution in [0.3, 0.4) is 0 Å². The molecule has 0 bridgehead atoms. The van der Waals surface area contributed by atoms with Gasteiger partial charge >= 0.3 is 0 Å². The Morgan fingerprint density at radius 3 is 2.61 bits per heavy atom. The van der Waals surface area contributed by atoms with Gasteiger partial charge < -0.3 is 10.1 Å². The van der Waals surface area contributed by atoms with Crippen LogP contribution < -0.4 is 10.1 Å². The van der Waals surface area contributed by atoms with Gasteiger partial charge in [-0.25, -0.2) is 4.39 Å². The van der Waals surface area contributed by atoms with Crippen LogP contribution in [0.2, 0.25) is 5.02 Å².